The molecule has 5 rings (SSSR count). The fourth-order valence-electron chi connectivity index (χ4n) is 4.73. The number of nitrogens with one attached hydrogen (secondary N) is 2. The topological polar surface area (TPSA) is 79.4 Å². The molecule has 0 atom stereocenters. The summed E-state index contributed by atoms with van der Waals surface area (Å²) in [6, 6.07) is 6.65. The van der Waals surface area contributed by atoms with Gasteiger partial charge < -0.3 is 20.3 Å². The highest BCUT2D eigenvalue weighted by Gasteiger charge is 2.34. The van der Waals surface area contributed by atoms with Crippen LogP contribution in [0.3, 0.4) is 0 Å². The van der Waals surface area contributed by atoms with Crippen LogP contribution in [0.1, 0.15) is 61.0 Å². The number of nitrogens with zero attached hydrogens (tertiary/aromatic N) is 3. The van der Waals surface area contributed by atoms with E-state index in [1.807, 2.05) is 4.90 Å². The first kappa shape index (κ1) is 18.4. The number of aromatic nitrogens is 2. The highest BCUT2D eigenvalue weighted by atomic mass is 16.5. The Morgan fingerprint density at radius 2 is 2.10 bits per heavy atom. The zero-order valence-electron chi connectivity index (χ0n) is 17.0. The zero-order valence-corrected chi connectivity index (χ0v) is 17.0. The fourth-order valence-corrected chi connectivity index (χ4v) is 4.73. The maximum atomic E-state index is 12.8. The van der Waals surface area contributed by atoms with Gasteiger partial charge >= 0.3 is 0 Å². The lowest BCUT2D eigenvalue weighted by molar-refractivity contribution is 0.0375. The average Bonchev–Trinajstić information content (AvgIpc) is 3.22. The first-order chi connectivity index (χ1) is 14.0. The second kappa shape index (κ2) is 6.99. The summed E-state index contributed by atoms with van der Waals surface area (Å²) in [5.74, 6) is 0.781. The minimum Gasteiger partial charge on any atom is -0.455 e. The smallest absolute Gasteiger partial charge is 0.263 e. The van der Waals surface area contributed by atoms with Crippen molar-refractivity contribution in [1.82, 2.24) is 20.2 Å². The molecule has 0 spiro atoms. The molecule has 1 aromatic heterocycles. The second-order valence-electron chi connectivity index (χ2n) is 8.88. The minimum absolute atomic E-state index is 0.0215. The molecule has 0 bridgehead atoms. The number of rotatable bonds is 3. The van der Waals surface area contributed by atoms with E-state index in [9.17, 15) is 4.79 Å². The number of hydrogen-bond donors (Lipinski definition) is 2. The van der Waals surface area contributed by atoms with Crippen molar-refractivity contribution in [1.29, 1.82) is 0 Å². The van der Waals surface area contributed by atoms with Gasteiger partial charge in [-0.2, -0.15) is 4.98 Å². The van der Waals surface area contributed by atoms with Gasteiger partial charge in [0.2, 0.25) is 11.8 Å². The molecule has 2 N–H and O–H groups in total. The Labute approximate surface area is 170 Å². The van der Waals surface area contributed by atoms with Gasteiger partial charge in [0, 0.05) is 36.4 Å². The van der Waals surface area contributed by atoms with Crippen molar-refractivity contribution >= 4 is 17.5 Å². The van der Waals surface area contributed by atoms with E-state index in [-0.39, 0.29) is 24.1 Å². The molecule has 2 aromatic rings. The molecule has 1 saturated carbocycles. The summed E-state index contributed by atoms with van der Waals surface area (Å²) in [6.07, 6.45) is 6.03. The van der Waals surface area contributed by atoms with E-state index in [0.717, 1.165) is 31.6 Å². The summed E-state index contributed by atoms with van der Waals surface area (Å²) >= 11 is 0. The first-order valence-corrected chi connectivity index (χ1v) is 10.4. The third-order valence-electron chi connectivity index (χ3n) is 6.32. The lowest BCUT2D eigenvalue weighted by Crippen LogP contribution is -2.44. The molecule has 0 radical (unpaired) electrons. The maximum Gasteiger partial charge on any atom is 0.263 e. The van der Waals surface area contributed by atoms with E-state index in [0.29, 0.717) is 17.4 Å². The van der Waals surface area contributed by atoms with Crippen LogP contribution < -0.4 is 15.4 Å². The van der Waals surface area contributed by atoms with Crippen molar-refractivity contribution < 1.29 is 9.53 Å². The number of fused-ring (bicyclic) bond motifs is 2. The quantitative estimate of drug-likeness (QED) is 0.833. The minimum atomic E-state index is -0.0215. The van der Waals surface area contributed by atoms with Crippen LogP contribution in [0.2, 0.25) is 0 Å². The molecule has 3 aliphatic rings. The zero-order chi connectivity index (χ0) is 20.0. The molecule has 1 fully saturated rings. The predicted molar refractivity (Wildman–Crippen MR) is 110 cm³/mol. The Morgan fingerprint density at radius 1 is 1.28 bits per heavy atom. The Hall–Kier alpha value is -2.67. The molecule has 3 heterocycles. The van der Waals surface area contributed by atoms with E-state index < -0.39 is 0 Å². The molecule has 2 aliphatic heterocycles. The second-order valence-corrected chi connectivity index (χ2v) is 8.88. The van der Waals surface area contributed by atoms with Crippen LogP contribution in [0, 0.1) is 0 Å². The van der Waals surface area contributed by atoms with E-state index in [1.54, 1.807) is 6.20 Å². The van der Waals surface area contributed by atoms with Crippen LogP contribution in [0.25, 0.3) is 0 Å². The standard InChI is InChI=1S/C22H27N5O2/c1-22(2)12-23-10-14-9-15(7-8-18(14)22)25-21-24-11-17-19(26-21)29-13-27(20(17)28)16-5-3-4-6-16/h7-9,11,16,23H,3-6,10,12-13H2,1-2H3,(H,24,25,26). The predicted octanol–water partition coefficient (Wildman–Crippen LogP) is 3.34. The molecule has 0 saturated heterocycles. The van der Waals surface area contributed by atoms with Crippen LogP contribution in [-0.2, 0) is 12.0 Å². The fraction of sp³-hybridized carbons (Fsp3) is 0.500. The summed E-state index contributed by atoms with van der Waals surface area (Å²) in [4.78, 5) is 23.5. The number of carbonyl (C=O) groups is 1. The van der Waals surface area contributed by atoms with Crippen molar-refractivity contribution in [2.75, 3.05) is 18.6 Å². The molecule has 29 heavy (non-hydrogen) atoms. The van der Waals surface area contributed by atoms with Gasteiger partial charge in [0.25, 0.3) is 5.91 Å². The van der Waals surface area contributed by atoms with Crippen molar-refractivity contribution in [3.05, 3.63) is 41.1 Å². The van der Waals surface area contributed by atoms with E-state index in [4.69, 9.17) is 4.74 Å². The van der Waals surface area contributed by atoms with Crippen molar-refractivity contribution in [2.45, 2.75) is 57.5 Å². The van der Waals surface area contributed by atoms with E-state index >= 15 is 0 Å². The van der Waals surface area contributed by atoms with E-state index in [1.165, 1.54) is 24.0 Å². The van der Waals surface area contributed by atoms with Gasteiger partial charge in [-0.25, -0.2) is 4.98 Å². The summed E-state index contributed by atoms with van der Waals surface area (Å²) in [7, 11) is 0. The lowest BCUT2D eigenvalue weighted by Gasteiger charge is -2.33. The van der Waals surface area contributed by atoms with Crippen molar-refractivity contribution in [3.63, 3.8) is 0 Å². The van der Waals surface area contributed by atoms with Crippen molar-refractivity contribution in [2.24, 2.45) is 0 Å². The molecule has 7 nitrogen and oxygen atoms in total. The molecule has 1 aliphatic carbocycles. The Balaban J connectivity index is 1.36. The summed E-state index contributed by atoms with van der Waals surface area (Å²) in [6.45, 7) is 6.60. The first-order valence-electron chi connectivity index (χ1n) is 10.4. The molecule has 0 unspecified atom stereocenters. The van der Waals surface area contributed by atoms with Gasteiger partial charge in [0.05, 0.1) is 0 Å². The van der Waals surface area contributed by atoms with Gasteiger partial charge in [-0.05, 0) is 36.1 Å². The van der Waals surface area contributed by atoms with Gasteiger partial charge in [-0.3, -0.25) is 4.79 Å². The Morgan fingerprint density at radius 3 is 2.93 bits per heavy atom. The van der Waals surface area contributed by atoms with Gasteiger partial charge in [-0.15, -0.1) is 0 Å². The number of amides is 1. The highest BCUT2D eigenvalue weighted by molar-refractivity contribution is 5.97. The normalized spacial score (nSPS) is 20.8. The maximum absolute atomic E-state index is 12.8. The summed E-state index contributed by atoms with van der Waals surface area (Å²) < 4.78 is 5.82. The average molecular weight is 393 g/mol. The molecule has 1 aromatic carbocycles. The van der Waals surface area contributed by atoms with Crippen molar-refractivity contribution in [3.8, 4) is 5.88 Å². The van der Waals surface area contributed by atoms with Crippen LogP contribution >= 0.6 is 0 Å². The van der Waals surface area contributed by atoms with Gasteiger partial charge in [0.15, 0.2) is 6.73 Å². The number of benzene rings is 1. The summed E-state index contributed by atoms with van der Waals surface area (Å²) in [5, 5.41) is 6.73. The number of ether oxygens (including phenoxy) is 1. The Bertz CT molecular complexity index is 952. The van der Waals surface area contributed by atoms with Crippen LogP contribution in [-0.4, -0.2) is 40.1 Å². The van der Waals surface area contributed by atoms with E-state index in [2.05, 4.69) is 52.6 Å². The number of anilines is 2. The molecule has 7 heteroatoms. The molecule has 1 amide bonds. The van der Waals surface area contributed by atoms with Crippen LogP contribution in [0.15, 0.2) is 24.4 Å². The highest BCUT2D eigenvalue weighted by Crippen LogP contribution is 2.33. The lowest BCUT2D eigenvalue weighted by atomic mass is 9.79. The third kappa shape index (κ3) is 3.33. The SMILES string of the molecule is CC1(C)CNCc2cc(Nc3ncc4c(n3)OCN(C3CCCC3)C4=O)ccc21. The number of hydrogen-bond acceptors (Lipinski definition) is 6. The summed E-state index contributed by atoms with van der Waals surface area (Å²) in [5.41, 5.74) is 4.15. The third-order valence-corrected chi connectivity index (χ3v) is 6.32. The monoisotopic (exact) mass is 393 g/mol. The Kier molecular flexibility index (Phi) is 4.42. The van der Waals surface area contributed by atoms with Crippen LogP contribution in [0.5, 0.6) is 5.88 Å². The molecular weight excluding hydrogens is 366 g/mol. The van der Waals surface area contributed by atoms with Gasteiger partial charge in [-0.1, -0.05) is 32.8 Å². The van der Waals surface area contributed by atoms with Gasteiger partial charge in [0.1, 0.15) is 5.56 Å². The number of carbonyl (C=O) groups excluding carboxylic acids is 1. The molecule has 152 valence electrons. The molecular formula is C22H27N5O2. The largest absolute Gasteiger partial charge is 0.455 e. The van der Waals surface area contributed by atoms with Crippen LogP contribution in [0.4, 0.5) is 11.6 Å².